The number of pyridine rings is 1. The van der Waals surface area contributed by atoms with Crippen molar-refractivity contribution in [3.63, 3.8) is 0 Å². The van der Waals surface area contributed by atoms with Gasteiger partial charge in [0.2, 0.25) is 5.95 Å². The molecule has 0 fully saturated rings. The number of urea groups is 1. The lowest BCUT2D eigenvalue weighted by molar-refractivity contribution is 0.252. The fourth-order valence-electron chi connectivity index (χ4n) is 3.02. The zero-order chi connectivity index (χ0) is 20.2. The number of aromatic nitrogens is 5. The summed E-state index contributed by atoms with van der Waals surface area (Å²) in [6.07, 6.45) is 6.63. The van der Waals surface area contributed by atoms with Crippen LogP contribution in [-0.4, -0.2) is 44.6 Å². The molecule has 146 valence electrons. The number of amides is 2. The number of hydrogen-bond donors (Lipinski definition) is 3. The maximum atomic E-state index is 11.9. The highest BCUT2D eigenvalue weighted by molar-refractivity contribution is 5.98. The molecule has 0 saturated carbocycles. The Morgan fingerprint density at radius 1 is 1.21 bits per heavy atom. The number of carbonyl (C=O) groups is 1. The molecule has 0 radical (unpaired) electrons. The van der Waals surface area contributed by atoms with Crippen LogP contribution in [0.3, 0.4) is 0 Å². The monoisotopic (exact) mass is 389 g/mol. The Kier molecular flexibility index (Phi) is 5.02. The summed E-state index contributed by atoms with van der Waals surface area (Å²) in [5, 5.41) is 5.38. The fraction of sp³-hybridized carbons (Fsp3) is 0.150. The van der Waals surface area contributed by atoms with Crippen LogP contribution in [0, 0.1) is 0 Å². The first kappa shape index (κ1) is 18.4. The Labute approximate surface area is 166 Å². The first-order valence-electron chi connectivity index (χ1n) is 9.04. The minimum atomic E-state index is -0.335. The number of imidazole rings is 1. The van der Waals surface area contributed by atoms with E-state index < -0.39 is 0 Å². The van der Waals surface area contributed by atoms with E-state index in [0.29, 0.717) is 35.1 Å². The number of ether oxygens (including phenoxy) is 1. The molecule has 3 N–H and O–H groups in total. The maximum absolute atomic E-state index is 11.9. The second-order valence-corrected chi connectivity index (χ2v) is 6.13. The van der Waals surface area contributed by atoms with Crippen molar-refractivity contribution >= 4 is 23.0 Å². The molecule has 3 heterocycles. The maximum Gasteiger partial charge on any atom is 0.321 e. The molecule has 0 aliphatic carbocycles. The largest absolute Gasteiger partial charge is 0.494 e. The summed E-state index contributed by atoms with van der Waals surface area (Å²) in [6.45, 7) is 2.36. The van der Waals surface area contributed by atoms with Gasteiger partial charge in [0.1, 0.15) is 11.4 Å². The van der Waals surface area contributed by atoms with E-state index in [9.17, 15) is 4.79 Å². The number of benzene rings is 1. The first-order chi connectivity index (χ1) is 14.2. The molecule has 2 amide bonds. The molecule has 9 heteroatoms. The molecule has 0 aliphatic heterocycles. The number of H-pyrrole nitrogens is 1. The van der Waals surface area contributed by atoms with Crippen LogP contribution < -0.4 is 15.4 Å². The van der Waals surface area contributed by atoms with E-state index in [1.165, 1.54) is 0 Å². The lowest BCUT2D eigenvalue weighted by Gasteiger charge is -2.10. The van der Waals surface area contributed by atoms with E-state index in [-0.39, 0.29) is 6.03 Å². The van der Waals surface area contributed by atoms with Gasteiger partial charge in [0.15, 0.2) is 0 Å². The van der Waals surface area contributed by atoms with Gasteiger partial charge >= 0.3 is 6.03 Å². The average molecular weight is 389 g/mol. The standard InChI is InChI=1S/C20H19N7O2/c1-3-22-20(28)27-19-25-14-10-12(15-11-21-7-8-23-15)9-13(17(14)26-19)18-16(29-2)5-4-6-24-18/h4-11H,3H2,1-2H3,(H3,22,25,26,27,28). The minimum Gasteiger partial charge on any atom is -0.494 e. The Morgan fingerprint density at radius 3 is 2.86 bits per heavy atom. The number of nitrogens with zero attached hydrogens (tertiary/aromatic N) is 4. The molecule has 0 spiro atoms. The van der Waals surface area contributed by atoms with E-state index >= 15 is 0 Å². The van der Waals surface area contributed by atoms with E-state index in [4.69, 9.17) is 4.74 Å². The predicted octanol–water partition coefficient (Wildman–Crippen LogP) is 3.23. The van der Waals surface area contributed by atoms with Crippen molar-refractivity contribution in [1.29, 1.82) is 0 Å². The van der Waals surface area contributed by atoms with Gasteiger partial charge in [0.25, 0.3) is 0 Å². The molecule has 0 bridgehead atoms. The summed E-state index contributed by atoms with van der Waals surface area (Å²) < 4.78 is 5.49. The normalized spacial score (nSPS) is 10.7. The van der Waals surface area contributed by atoms with Gasteiger partial charge in [-0.15, -0.1) is 0 Å². The molecule has 0 saturated heterocycles. The van der Waals surface area contributed by atoms with Gasteiger partial charge in [-0.25, -0.2) is 9.78 Å². The molecule has 3 aromatic heterocycles. The van der Waals surface area contributed by atoms with Gasteiger partial charge in [0.05, 0.1) is 30.0 Å². The molecule has 0 unspecified atom stereocenters. The highest BCUT2D eigenvalue weighted by Crippen LogP contribution is 2.36. The van der Waals surface area contributed by atoms with Crippen LogP contribution in [0.25, 0.3) is 33.5 Å². The van der Waals surface area contributed by atoms with Crippen molar-refractivity contribution < 1.29 is 9.53 Å². The van der Waals surface area contributed by atoms with Gasteiger partial charge in [0, 0.05) is 36.3 Å². The number of nitrogens with one attached hydrogen (secondary N) is 3. The van der Waals surface area contributed by atoms with Gasteiger partial charge in [-0.05, 0) is 31.2 Å². The van der Waals surface area contributed by atoms with Gasteiger partial charge in [-0.3, -0.25) is 20.3 Å². The van der Waals surface area contributed by atoms with Crippen LogP contribution >= 0.6 is 0 Å². The molecular formula is C20H19N7O2. The number of methoxy groups -OCH3 is 1. The molecule has 4 aromatic rings. The number of hydrogen-bond acceptors (Lipinski definition) is 6. The Hall–Kier alpha value is -4.01. The second kappa shape index (κ2) is 7.93. The lowest BCUT2D eigenvalue weighted by atomic mass is 10.0. The summed E-state index contributed by atoms with van der Waals surface area (Å²) in [4.78, 5) is 32.6. The average Bonchev–Trinajstić information content (AvgIpc) is 3.16. The van der Waals surface area contributed by atoms with Gasteiger partial charge < -0.3 is 15.0 Å². The van der Waals surface area contributed by atoms with Crippen LogP contribution in [-0.2, 0) is 0 Å². The Bertz CT molecular complexity index is 1160. The Balaban J connectivity index is 1.91. The summed E-state index contributed by atoms with van der Waals surface area (Å²) in [7, 11) is 1.60. The molecular weight excluding hydrogens is 370 g/mol. The predicted molar refractivity (Wildman–Crippen MR) is 110 cm³/mol. The smallest absolute Gasteiger partial charge is 0.321 e. The van der Waals surface area contributed by atoms with E-state index in [1.54, 1.807) is 38.0 Å². The zero-order valence-electron chi connectivity index (χ0n) is 15.9. The van der Waals surface area contributed by atoms with Crippen LogP contribution in [0.4, 0.5) is 10.7 Å². The van der Waals surface area contributed by atoms with Crippen LogP contribution in [0.15, 0.2) is 49.1 Å². The third-order valence-corrected chi connectivity index (χ3v) is 4.27. The van der Waals surface area contributed by atoms with E-state index in [1.807, 2.05) is 25.1 Å². The summed E-state index contributed by atoms with van der Waals surface area (Å²) >= 11 is 0. The lowest BCUT2D eigenvalue weighted by Crippen LogP contribution is -2.28. The molecule has 1 aromatic carbocycles. The van der Waals surface area contributed by atoms with Gasteiger partial charge in [-0.1, -0.05) is 0 Å². The van der Waals surface area contributed by atoms with Crippen molar-refractivity contribution in [2.75, 3.05) is 19.0 Å². The zero-order valence-corrected chi connectivity index (χ0v) is 15.9. The quantitative estimate of drug-likeness (QED) is 0.482. The summed E-state index contributed by atoms with van der Waals surface area (Å²) in [5.74, 6) is 0.955. The number of anilines is 1. The van der Waals surface area contributed by atoms with Crippen LogP contribution in [0.2, 0.25) is 0 Å². The topological polar surface area (TPSA) is 118 Å². The third-order valence-electron chi connectivity index (χ3n) is 4.27. The van der Waals surface area contributed by atoms with Crippen molar-refractivity contribution in [3.8, 4) is 28.3 Å². The highest BCUT2D eigenvalue weighted by Gasteiger charge is 2.17. The number of rotatable bonds is 5. The van der Waals surface area contributed by atoms with Crippen LogP contribution in [0.5, 0.6) is 5.75 Å². The number of aromatic amines is 1. The molecule has 9 nitrogen and oxygen atoms in total. The second-order valence-electron chi connectivity index (χ2n) is 6.13. The molecule has 0 aliphatic rings. The molecule has 0 atom stereocenters. The third kappa shape index (κ3) is 3.70. The highest BCUT2D eigenvalue weighted by atomic mass is 16.5. The van der Waals surface area contributed by atoms with Gasteiger partial charge in [-0.2, -0.15) is 0 Å². The summed E-state index contributed by atoms with van der Waals surface area (Å²) in [5.41, 5.74) is 4.33. The van der Waals surface area contributed by atoms with Crippen molar-refractivity contribution in [3.05, 3.63) is 49.1 Å². The molecule has 29 heavy (non-hydrogen) atoms. The first-order valence-corrected chi connectivity index (χ1v) is 9.04. The number of carbonyl (C=O) groups excluding carboxylic acids is 1. The SMILES string of the molecule is CCNC(=O)Nc1nc2cc(-c3cnccn3)cc(-c3ncccc3OC)c2[nH]1. The number of fused-ring (bicyclic) bond motifs is 1. The van der Waals surface area contributed by atoms with Crippen LogP contribution in [0.1, 0.15) is 6.92 Å². The van der Waals surface area contributed by atoms with E-state index in [2.05, 4.69) is 35.6 Å². The Morgan fingerprint density at radius 2 is 2.10 bits per heavy atom. The van der Waals surface area contributed by atoms with Crippen molar-refractivity contribution in [2.24, 2.45) is 0 Å². The minimum absolute atomic E-state index is 0.332. The molecule has 4 rings (SSSR count). The van der Waals surface area contributed by atoms with E-state index in [0.717, 1.165) is 16.6 Å². The van der Waals surface area contributed by atoms with Crippen molar-refractivity contribution in [1.82, 2.24) is 30.2 Å². The summed E-state index contributed by atoms with van der Waals surface area (Å²) in [6, 6.07) is 7.15. The van der Waals surface area contributed by atoms with Crippen molar-refractivity contribution in [2.45, 2.75) is 6.92 Å². The fourth-order valence-corrected chi connectivity index (χ4v) is 3.02.